The van der Waals surface area contributed by atoms with Crippen molar-refractivity contribution in [2.24, 2.45) is 11.8 Å². The number of aromatic nitrogens is 1. The molecule has 2 amide bonds. The van der Waals surface area contributed by atoms with Gasteiger partial charge >= 0.3 is 0 Å². The number of rotatable bonds is 10. The Morgan fingerprint density at radius 3 is 2.50 bits per heavy atom. The van der Waals surface area contributed by atoms with E-state index in [0.717, 1.165) is 67.4 Å². The van der Waals surface area contributed by atoms with Crippen molar-refractivity contribution in [1.29, 1.82) is 0 Å². The van der Waals surface area contributed by atoms with Crippen molar-refractivity contribution in [2.45, 2.75) is 58.5 Å². The van der Waals surface area contributed by atoms with Crippen LogP contribution in [0.1, 0.15) is 56.1 Å². The second-order valence-corrected chi connectivity index (χ2v) is 12.2. The normalized spacial score (nSPS) is 23.3. The molecule has 0 spiro atoms. The highest BCUT2D eigenvalue weighted by atomic mass is 16.5. The van der Waals surface area contributed by atoms with Gasteiger partial charge in [-0.3, -0.25) is 9.59 Å². The fraction of sp³-hybridized carbons (Fsp3) is 0.515. The first kappa shape index (κ1) is 28.2. The Hall–Kier alpha value is -3.32. The van der Waals surface area contributed by atoms with Gasteiger partial charge in [-0.1, -0.05) is 44.2 Å². The highest BCUT2D eigenvalue weighted by Gasteiger charge is 2.47. The Bertz CT molecular complexity index is 1330. The molecule has 2 aliphatic heterocycles. The topological polar surface area (TPSA) is 66.8 Å². The van der Waals surface area contributed by atoms with Crippen molar-refractivity contribution < 1.29 is 14.3 Å². The number of fused-ring (bicyclic) bond motifs is 3. The number of aryl methyl sites for hydroxylation is 1. The number of nitrogens with one attached hydrogen (secondary N) is 1. The molecule has 0 saturated carbocycles. The predicted molar refractivity (Wildman–Crippen MR) is 160 cm³/mol. The third-order valence-corrected chi connectivity index (χ3v) is 8.70. The van der Waals surface area contributed by atoms with Crippen LogP contribution >= 0.6 is 0 Å². The number of benzene rings is 2. The number of likely N-dealkylation sites (tertiary alicyclic amines) is 1. The summed E-state index contributed by atoms with van der Waals surface area (Å²) < 4.78 is 7.47. The summed E-state index contributed by atoms with van der Waals surface area (Å²) in [5, 5.41) is 4.18. The minimum Gasteiger partial charge on any atom is -0.497 e. The van der Waals surface area contributed by atoms with E-state index in [4.69, 9.17) is 4.74 Å². The van der Waals surface area contributed by atoms with Gasteiger partial charge in [0.05, 0.1) is 19.2 Å². The van der Waals surface area contributed by atoms with Crippen molar-refractivity contribution in [1.82, 2.24) is 19.7 Å². The SMILES string of the molecule is COc1ccc2cc3n(c2c1)C[C@](C)(C(=O)NCCCN1C[C@H](C)C[C@H](C)C1)N(CCCc1ccccc1)C3=O. The van der Waals surface area contributed by atoms with E-state index in [0.29, 0.717) is 25.3 Å². The van der Waals surface area contributed by atoms with Gasteiger partial charge in [-0.2, -0.15) is 0 Å². The van der Waals surface area contributed by atoms with E-state index in [-0.39, 0.29) is 11.8 Å². The van der Waals surface area contributed by atoms with Gasteiger partial charge in [-0.15, -0.1) is 0 Å². The number of piperidine rings is 1. The molecule has 1 saturated heterocycles. The van der Waals surface area contributed by atoms with Gasteiger partial charge in [0.2, 0.25) is 5.91 Å². The van der Waals surface area contributed by atoms with Crippen LogP contribution < -0.4 is 10.1 Å². The highest BCUT2D eigenvalue weighted by molar-refractivity contribution is 6.03. The lowest BCUT2D eigenvalue weighted by molar-refractivity contribution is -0.132. The first-order valence-electron chi connectivity index (χ1n) is 14.8. The van der Waals surface area contributed by atoms with Crippen molar-refractivity contribution in [3.05, 3.63) is 65.9 Å². The molecule has 0 bridgehead atoms. The smallest absolute Gasteiger partial charge is 0.271 e. The fourth-order valence-electron chi connectivity index (χ4n) is 6.76. The van der Waals surface area contributed by atoms with Crippen LogP contribution in [0.4, 0.5) is 0 Å². The van der Waals surface area contributed by atoms with E-state index in [9.17, 15) is 9.59 Å². The summed E-state index contributed by atoms with van der Waals surface area (Å²) >= 11 is 0. The summed E-state index contributed by atoms with van der Waals surface area (Å²) in [4.78, 5) is 32.2. The molecule has 214 valence electrons. The van der Waals surface area contributed by atoms with Gasteiger partial charge in [0.1, 0.15) is 17.0 Å². The van der Waals surface area contributed by atoms with Crippen LogP contribution in [0.5, 0.6) is 5.75 Å². The standard InChI is InChI=1S/C33H44N4O3/c1-24-18-25(2)22-35(21-24)16-9-15-34-32(39)33(3)23-36-29-20-28(40-4)14-13-27(29)19-30(36)31(38)37(33)17-8-12-26-10-6-5-7-11-26/h5-7,10-11,13-14,19-20,24-25H,8-9,12,15-18,21-23H2,1-4H3,(H,34,39)/t24-,25+,33-/m1/s1. The number of methoxy groups -OCH3 is 1. The Kier molecular flexibility index (Phi) is 8.50. The Morgan fingerprint density at radius 2 is 1.77 bits per heavy atom. The molecule has 2 aliphatic rings. The van der Waals surface area contributed by atoms with Gasteiger partial charge in [0.15, 0.2) is 0 Å². The molecule has 7 heteroatoms. The van der Waals surface area contributed by atoms with Crippen LogP contribution in [0.15, 0.2) is 54.6 Å². The van der Waals surface area contributed by atoms with E-state index in [1.807, 2.05) is 58.9 Å². The van der Waals surface area contributed by atoms with E-state index >= 15 is 0 Å². The van der Waals surface area contributed by atoms with Crippen LogP contribution in [0.3, 0.4) is 0 Å². The van der Waals surface area contributed by atoms with Gasteiger partial charge < -0.3 is 24.4 Å². The Balaban J connectivity index is 1.33. The number of carbonyl (C=O) groups excluding carboxylic acids is 2. The van der Waals surface area contributed by atoms with Crippen molar-refractivity contribution in [3.8, 4) is 5.75 Å². The predicted octanol–water partition coefficient (Wildman–Crippen LogP) is 4.98. The molecule has 1 aromatic heterocycles. The van der Waals surface area contributed by atoms with Crippen LogP contribution in [-0.4, -0.2) is 71.6 Å². The highest BCUT2D eigenvalue weighted by Crippen LogP contribution is 2.34. The summed E-state index contributed by atoms with van der Waals surface area (Å²) in [5.41, 5.74) is 1.78. The lowest BCUT2D eigenvalue weighted by atomic mass is 9.92. The maximum absolute atomic E-state index is 14.0. The minimum atomic E-state index is -0.996. The quantitative estimate of drug-likeness (QED) is 0.366. The molecule has 7 nitrogen and oxygen atoms in total. The largest absolute Gasteiger partial charge is 0.497 e. The van der Waals surface area contributed by atoms with Gasteiger partial charge in [0.25, 0.3) is 5.91 Å². The zero-order valence-corrected chi connectivity index (χ0v) is 24.5. The molecule has 3 atom stereocenters. The molecule has 3 heterocycles. The van der Waals surface area contributed by atoms with Crippen molar-refractivity contribution >= 4 is 22.7 Å². The van der Waals surface area contributed by atoms with Gasteiger partial charge in [-0.05, 0) is 74.8 Å². The maximum Gasteiger partial charge on any atom is 0.271 e. The Labute approximate surface area is 238 Å². The van der Waals surface area contributed by atoms with E-state index < -0.39 is 5.54 Å². The third kappa shape index (κ3) is 5.90. The maximum atomic E-state index is 14.0. The van der Waals surface area contributed by atoms with Crippen LogP contribution in [0.2, 0.25) is 0 Å². The third-order valence-electron chi connectivity index (χ3n) is 8.70. The molecule has 0 radical (unpaired) electrons. The number of carbonyl (C=O) groups is 2. The monoisotopic (exact) mass is 544 g/mol. The molecule has 3 aromatic rings. The van der Waals surface area contributed by atoms with Gasteiger partial charge in [-0.25, -0.2) is 0 Å². The van der Waals surface area contributed by atoms with Crippen molar-refractivity contribution in [2.75, 3.05) is 39.8 Å². The summed E-state index contributed by atoms with van der Waals surface area (Å²) in [5.74, 6) is 2.00. The Morgan fingerprint density at radius 1 is 1.02 bits per heavy atom. The molecule has 0 aliphatic carbocycles. The van der Waals surface area contributed by atoms with Crippen LogP contribution in [0.25, 0.3) is 10.9 Å². The zero-order valence-electron chi connectivity index (χ0n) is 24.5. The summed E-state index contributed by atoms with van der Waals surface area (Å²) in [6.45, 7) is 11.4. The summed E-state index contributed by atoms with van der Waals surface area (Å²) in [6, 6.07) is 18.1. The van der Waals surface area contributed by atoms with E-state index in [1.54, 1.807) is 7.11 Å². The average molecular weight is 545 g/mol. The first-order valence-corrected chi connectivity index (χ1v) is 14.8. The number of hydrogen-bond acceptors (Lipinski definition) is 4. The first-order chi connectivity index (χ1) is 19.3. The average Bonchev–Trinajstić information content (AvgIpc) is 3.30. The molecular weight excluding hydrogens is 500 g/mol. The van der Waals surface area contributed by atoms with E-state index in [1.165, 1.54) is 12.0 Å². The molecule has 5 rings (SSSR count). The molecule has 40 heavy (non-hydrogen) atoms. The van der Waals surface area contributed by atoms with Gasteiger partial charge in [0, 0.05) is 37.6 Å². The van der Waals surface area contributed by atoms with Crippen molar-refractivity contribution in [3.63, 3.8) is 0 Å². The number of nitrogens with zero attached hydrogens (tertiary/aromatic N) is 3. The lowest BCUT2D eigenvalue weighted by Gasteiger charge is -2.44. The lowest BCUT2D eigenvalue weighted by Crippen LogP contribution is -2.64. The molecule has 2 aromatic carbocycles. The zero-order chi connectivity index (χ0) is 28.3. The molecule has 0 unspecified atom stereocenters. The number of amides is 2. The molecular formula is C33H44N4O3. The fourth-order valence-corrected chi connectivity index (χ4v) is 6.76. The molecule has 1 fully saturated rings. The summed E-state index contributed by atoms with van der Waals surface area (Å²) in [6.07, 6.45) is 3.84. The second kappa shape index (κ2) is 12.0. The molecule has 1 N–H and O–H groups in total. The van der Waals surface area contributed by atoms with E-state index in [2.05, 4.69) is 36.2 Å². The second-order valence-electron chi connectivity index (χ2n) is 12.2. The number of hydrogen-bond donors (Lipinski definition) is 1. The minimum absolute atomic E-state index is 0.0867. The summed E-state index contributed by atoms with van der Waals surface area (Å²) in [7, 11) is 1.64. The number of ether oxygens (including phenoxy) is 1. The van der Waals surface area contributed by atoms with Crippen LogP contribution in [0, 0.1) is 11.8 Å². The van der Waals surface area contributed by atoms with Crippen LogP contribution in [-0.2, 0) is 17.8 Å².